The molecule has 1 aliphatic rings. The van der Waals surface area contributed by atoms with Crippen LogP contribution in [0.4, 0.5) is 0 Å². The fourth-order valence-corrected chi connectivity index (χ4v) is 2.61. The van der Waals surface area contributed by atoms with Gasteiger partial charge in [-0.25, -0.2) is 0 Å². The quantitative estimate of drug-likeness (QED) is 0.711. The van der Waals surface area contributed by atoms with E-state index in [9.17, 15) is 0 Å². The number of nitrogens with zero attached hydrogens (tertiary/aromatic N) is 1. The number of nitrogens with one attached hydrogen (secondary N) is 2. The molecular weight excluding hydrogens is 250 g/mol. The second kappa shape index (κ2) is 4.65. The van der Waals surface area contributed by atoms with Crippen molar-refractivity contribution in [1.29, 1.82) is 0 Å². The predicted molar refractivity (Wildman–Crippen MR) is 78.7 cm³/mol. The van der Waals surface area contributed by atoms with Gasteiger partial charge in [0.25, 0.3) is 0 Å². The number of fused-ring (bicyclic) bond motifs is 2. The highest BCUT2D eigenvalue weighted by Gasteiger charge is 2.10. The Kier molecular flexibility index (Phi) is 2.67. The van der Waals surface area contributed by atoms with Gasteiger partial charge in [-0.3, -0.25) is 5.10 Å². The van der Waals surface area contributed by atoms with Crippen LogP contribution >= 0.6 is 0 Å². The Labute approximate surface area is 116 Å². The Balaban J connectivity index is 1.79. The van der Waals surface area contributed by atoms with Gasteiger partial charge in [0, 0.05) is 24.0 Å². The number of H-pyrrole nitrogens is 1. The van der Waals surface area contributed by atoms with Crippen LogP contribution in [0.3, 0.4) is 0 Å². The van der Waals surface area contributed by atoms with Crippen LogP contribution in [0.2, 0.25) is 0 Å². The molecule has 1 aliphatic heterocycles. The number of aromatic nitrogens is 2. The normalized spacial score (nSPS) is 14.6. The lowest BCUT2D eigenvalue weighted by atomic mass is 10.0. The molecule has 0 radical (unpaired) electrons. The maximum absolute atomic E-state index is 5.72. The minimum Gasteiger partial charge on any atom is -0.492 e. The Hall–Kier alpha value is -2.33. The van der Waals surface area contributed by atoms with Gasteiger partial charge in [-0.2, -0.15) is 5.10 Å². The summed E-state index contributed by atoms with van der Waals surface area (Å²) in [5.41, 5.74) is 4.66. The highest BCUT2D eigenvalue weighted by Crippen LogP contribution is 2.29. The van der Waals surface area contributed by atoms with Crippen LogP contribution in [0.25, 0.3) is 22.0 Å². The summed E-state index contributed by atoms with van der Waals surface area (Å²) < 4.78 is 5.72. The third kappa shape index (κ3) is 1.94. The number of aromatic amines is 1. The topological polar surface area (TPSA) is 49.9 Å². The standard InChI is InChI=1S/C16H15N3O/c1-2-13-10-18-19-15(13)8-12(1)11-3-4-16-14(7-11)9-17-5-6-20-16/h1-4,7-8,10,17H,5-6,9H2,(H,18,19). The molecule has 0 amide bonds. The molecule has 0 saturated carbocycles. The van der Waals surface area contributed by atoms with E-state index in [1.807, 2.05) is 6.20 Å². The zero-order chi connectivity index (χ0) is 13.4. The van der Waals surface area contributed by atoms with E-state index < -0.39 is 0 Å². The summed E-state index contributed by atoms with van der Waals surface area (Å²) in [7, 11) is 0. The van der Waals surface area contributed by atoms with Crippen molar-refractivity contribution in [3.05, 3.63) is 48.2 Å². The van der Waals surface area contributed by atoms with Crippen LogP contribution in [-0.2, 0) is 6.54 Å². The Bertz CT molecular complexity index is 763. The zero-order valence-corrected chi connectivity index (χ0v) is 11.0. The average molecular weight is 265 g/mol. The number of ether oxygens (including phenoxy) is 1. The van der Waals surface area contributed by atoms with Crippen molar-refractivity contribution in [2.24, 2.45) is 0 Å². The zero-order valence-electron chi connectivity index (χ0n) is 11.0. The van der Waals surface area contributed by atoms with Gasteiger partial charge in [0.1, 0.15) is 12.4 Å². The van der Waals surface area contributed by atoms with E-state index >= 15 is 0 Å². The van der Waals surface area contributed by atoms with Gasteiger partial charge in [-0.05, 0) is 29.3 Å². The molecule has 1 aromatic heterocycles. The predicted octanol–water partition coefficient (Wildman–Crippen LogP) is 2.71. The lowest BCUT2D eigenvalue weighted by Gasteiger charge is -2.09. The Morgan fingerprint density at radius 3 is 2.95 bits per heavy atom. The van der Waals surface area contributed by atoms with Crippen LogP contribution in [0, 0.1) is 0 Å². The second-order valence-corrected chi connectivity index (χ2v) is 5.02. The van der Waals surface area contributed by atoms with E-state index in [0.717, 1.165) is 36.3 Å². The maximum Gasteiger partial charge on any atom is 0.123 e. The van der Waals surface area contributed by atoms with Crippen molar-refractivity contribution >= 4 is 10.9 Å². The molecule has 0 bridgehead atoms. The van der Waals surface area contributed by atoms with Gasteiger partial charge in [0.05, 0.1) is 11.7 Å². The number of benzene rings is 2. The van der Waals surface area contributed by atoms with Crippen LogP contribution in [-0.4, -0.2) is 23.3 Å². The third-order valence-electron chi connectivity index (χ3n) is 3.69. The summed E-state index contributed by atoms with van der Waals surface area (Å²) >= 11 is 0. The summed E-state index contributed by atoms with van der Waals surface area (Å²) in [4.78, 5) is 0. The molecule has 2 N–H and O–H groups in total. The van der Waals surface area contributed by atoms with Crippen LogP contribution in [0.5, 0.6) is 5.75 Å². The van der Waals surface area contributed by atoms with Gasteiger partial charge >= 0.3 is 0 Å². The van der Waals surface area contributed by atoms with E-state index in [-0.39, 0.29) is 0 Å². The van der Waals surface area contributed by atoms with Crippen molar-refractivity contribution in [3.63, 3.8) is 0 Å². The highest BCUT2D eigenvalue weighted by atomic mass is 16.5. The number of hydrogen-bond acceptors (Lipinski definition) is 3. The Morgan fingerprint density at radius 1 is 1.05 bits per heavy atom. The smallest absolute Gasteiger partial charge is 0.123 e. The van der Waals surface area contributed by atoms with Gasteiger partial charge in [0.15, 0.2) is 0 Å². The first kappa shape index (κ1) is 11.5. The fraction of sp³-hybridized carbons (Fsp3) is 0.188. The summed E-state index contributed by atoms with van der Waals surface area (Å²) in [6.45, 7) is 2.48. The molecule has 4 rings (SSSR count). The van der Waals surface area contributed by atoms with Gasteiger partial charge in [-0.1, -0.05) is 18.2 Å². The lowest BCUT2D eigenvalue weighted by molar-refractivity contribution is 0.326. The number of hydrogen-bond donors (Lipinski definition) is 2. The average Bonchev–Trinajstić information content (AvgIpc) is 2.83. The minimum atomic E-state index is 0.729. The molecule has 4 nitrogen and oxygen atoms in total. The van der Waals surface area contributed by atoms with Crippen molar-refractivity contribution < 1.29 is 4.74 Å². The van der Waals surface area contributed by atoms with Crippen molar-refractivity contribution in [3.8, 4) is 16.9 Å². The van der Waals surface area contributed by atoms with Crippen LogP contribution < -0.4 is 10.1 Å². The molecule has 100 valence electrons. The molecule has 2 heterocycles. The molecule has 20 heavy (non-hydrogen) atoms. The van der Waals surface area contributed by atoms with E-state index in [4.69, 9.17) is 4.74 Å². The molecule has 0 spiro atoms. The summed E-state index contributed by atoms with van der Waals surface area (Å²) in [5, 5.41) is 11.6. The minimum absolute atomic E-state index is 0.729. The Morgan fingerprint density at radius 2 is 1.95 bits per heavy atom. The first-order chi connectivity index (χ1) is 9.90. The molecule has 0 saturated heterocycles. The maximum atomic E-state index is 5.72. The molecule has 2 aromatic carbocycles. The molecule has 3 aromatic rings. The van der Waals surface area contributed by atoms with Gasteiger partial charge < -0.3 is 10.1 Å². The molecule has 0 unspecified atom stereocenters. The molecular formula is C16H15N3O. The second-order valence-electron chi connectivity index (χ2n) is 5.02. The SMILES string of the molecule is c1cc2c(cc1-c1ccc3cn[nH]c3c1)CNCCO2. The molecule has 0 atom stereocenters. The van der Waals surface area contributed by atoms with Crippen LogP contribution in [0.1, 0.15) is 5.56 Å². The van der Waals surface area contributed by atoms with E-state index in [2.05, 4.69) is 51.9 Å². The molecule has 0 fully saturated rings. The van der Waals surface area contributed by atoms with Gasteiger partial charge in [0.2, 0.25) is 0 Å². The largest absolute Gasteiger partial charge is 0.492 e. The molecule has 0 aliphatic carbocycles. The summed E-state index contributed by atoms with van der Waals surface area (Å²) in [5.74, 6) is 0.987. The van der Waals surface area contributed by atoms with E-state index in [1.54, 1.807) is 0 Å². The molecule has 4 heteroatoms. The van der Waals surface area contributed by atoms with E-state index in [0.29, 0.717) is 0 Å². The lowest BCUT2D eigenvalue weighted by Crippen LogP contribution is -2.16. The number of rotatable bonds is 1. The fourth-order valence-electron chi connectivity index (χ4n) is 2.61. The highest BCUT2D eigenvalue weighted by molar-refractivity contribution is 5.84. The summed E-state index contributed by atoms with van der Waals surface area (Å²) in [6, 6.07) is 12.7. The van der Waals surface area contributed by atoms with Crippen LogP contribution in [0.15, 0.2) is 42.6 Å². The van der Waals surface area contributed by atoms with Crippen molar-refractivity contribution in [1.82, 2.24) is 15.5 Å². The van der Waals surface area contributed by atoms with E-state index in [1.165, 1.54) is 16.7 Å². The van der Waals surface area contributed by atoms with Crippen molar-refractivity contribution in [2.45, 2.75) is 6.54 Å². The first-order valence-corrected chi connectivity index (χ1v) is 6.80. The monoisotopic (exact) mass is 265 g/mol. The van der Waals surface area contributed by atoms with Crippen molar-refractivity contribution in [2.75, 3.05) is 13.2 Å². The first-order valence-electron chi connectivity index (χ1n) is 6.80. The van der Waals surface area contributed by atoms with Gasteiger partial charge in [-0.15, -0.1) is 0 Å². The summed E-state index contributed by atoms with van der Waals surface area (Å²) in [6.07, 6.45) is 1.84. The third-order valence-corrected chi connectivity index (χ3v) is 3.69.